The van der Waals surface area contributed by atoms with Gasteiger partial charge in [-0.05, 0) is 34.7 Å². The van der Waals surface area contributed by atoms with E-state index in [1.54, 1.807) is 18.2 Å². The molecule has 0 aliphatic heterocycles. The number of aldehydes is 1. The van der Waals surface area contributed by atoms with E-state index in [1.165, 1.54) is 18.4 Å². The number of carbonyl (C=O) groups excluding carboxylic acids is 1. The van der Waals surface area contributed by atoms with Crippen LogP contribution in [0.4, 0.5) is 0 Å². The maximum Gasteiger partial charge on any atom is 0.161 e. The van der Waals surface area contributed by atoms with Gasteiger partial charge in [-0.2, -0.15) is 0 Å². The third kappa shape index (κ3) is 1.92. The topological polar surface area (TPSA) is 46.5 Å². The zero-order valence-corrected chi connectivity index (χ0v) is 9.45. The molecule has 0 fully saturated rings. The number of hydrogen-bond donors (Lipinski definition) is 1. The van der Waals surface area contributed by atoms with Gasteiger partial charge in [0, 0.05) is 0 Å². The monoisotopic (exact) mass is 234 g/mol. The number of ether oxygens (including phenoxy) is 1. The van der Waals surface area contributed by atoms with Crippen LogP contribution in [0.15, 0.2) is 29.6 Å². The summed E-state index contributed by atoms with van der Waals surface area (Å²) in [7, 11) is 1.50. The number of carbonyl (C=O) groups is 1. The van der Waals surface area contributed by atoms with Gasteiger partial charge < -0.3 is 9.84 Å². The fourth-order valence-corrected chi connectivity index (χ4v) is 2.14. The van der Waals surface area contributed by atoms with Crippen LogP contribution >= 0.6 is 11.3 Å². The molecule has 0 saturated heterocycles. The van der Waals surface area contributed by atoms with Crippen LogP contribution < -0.4 is 4.74 Å². The van der Waals surface area contributed by atoms with Crippen molar-refractivity contribution < 1.29 is 14.6 Å². The molecule has 2 rings (SSSR count). The number of phenolic OH excluding ortho intramolecular Hbond substituents is 1. The van der Waals surface area contributed by atoms with Crippen LogP contribution in [0.1, 0.15) is 9.67 Å². The lowest BCUT2D eigenvalue weighted by atomic mass is 10.1. The van der Waals surface area contributed by atoms with E-state index < -0.39 is 0 Å². The number of hydrogen-bond acceptors (Lipinski definition) is 4. The summed E-state index contributed by atoms with van der Waals surface area (Å²) in [5.41, 5.74) is 1.87. The van der Waals surface area contributed by atoms with Crippen molar-refractivity contribution in [2.45, 2.75) is 0 Å². The van der Waals surface area contributed by atoms with Crippen LogP contribution in [-0.4, -0.2) is 18.5 Å². The van der Waals surface area contributed by atoms with E-state index in [9.17, 15) is 9.90 Å². The number of benzene rings is 1. The Balaban J connectivity index is 2.43. The molecule has 0 bridgehead atoms. The Labute approximate surface area is 96.9 Å². The van der Waals surface area contributed by atoms with E-state index in [2.05, 4.69) is 0 Å². The van der Waals surface area contributed by atoms with Gasteiger partial charge >= 0.3 is 0 Å². The predicted octanol–water partition coefficient (Wildman–Crippen LogP) is 2.94. The van der Waals surface area contributed by atoms with Gasteiger partial charge in [0.05, 0.1) is 12.0 Å². The van der Waals surface area contributed by atoms with Crippen LogP contribution in [0.3, 0.4) is 0 Å². The fraction of sp³-hybridized carbons (Fsp3) is 0.0833. The molecule has 1 aromatic carbocycles. The minimum Gasteiger partial charge on any atom is -0.504 e. The average Bonchev–Trinajstić information content (AvgIpc) is 2.78. The number of aromatic hydroxyl groups is 1. The van der Waals surface area contributed by atoms with Gasteiger partial charge in [0.15, 0.2) is 17.8 Å². The number of methoxy groups -OCH3 is 1. The predicted molar refractivity (Wildman–Crippen MR) is 63.4 cm³/mol. The van der Waals surface area contributed by atoms with E-state index in [1.807, 2.05) is 11.4 Å². The smallest absolute Gasteiger partial charge is 0.161 e. The summed E-state index contributed by atoms with van der Waals surface area (Å²) in [5, 5.41) is 11.4. The highest BCUT2D eigenvalue weighted by molar-refractivity contribution is 7.12. The second-order valence-electron chi connectivity index (χ2n) is 3.24. The van der Waals surface area contributed by atoms with Gasteiger partial charge in [0.25, 0.3) is 0 Å². The van der Waals surface area contributed by atoms with E-state index >= 15 is 0 Å². The van der Waals surface area contributed by atoms with Gasteiger partial charge in [-0.1, -0.05) is 6.07 Å². The van der Waals surface area contributed by atoms with Crippen LogP contribution in [0.25, 0.3) is 11.1 Å². The van der Waals surface area contributed by atoms with Crippen molar-refractivity contribution in [3.63, 3.8) is 0 Å². The largest absolute Gasteiger partial charge is 0.504 e. The summed E-state index contributed by atoms with van der Waals surface area (Å²) in [4.78, 5) is 11.3. The summed E-state index contributed by atoms with van der Waals surface area (Å²) in [6.07, 6.45) is 0.825. The highest BCUT2D eigenvalue weighted by Gasteiger charge is 2.06. The first kappa shape index (κ1) is 10.7. The quantitative estimate of drug-likeness (QED) is 0.830. The Hall–Kier alpha value is -1.81. The molecule has 4 heteroatoms. The lowest BCUT2D eigenvalue weighted by Gasteiger charge is -2.05. The second-order valence-corrected chi connectivity index (χ2v) is 4.19. The molecular weight excluding hydrogens is 224 g/mol. The molecule has 0 aliphatic carbocycles. The van der Waals surface area contributed by atoms with Gasteiger partial charge in [0.2, 0.25) is 0 Å². The van der Waals surface area contributed by atoms with Crippen LogP contribution in [-0.2, 0) is 0 Å². The van der Waals surface area contributed by atoms with Gasteiger partial charge in [-0.25, -0.2) is 0 Å². The maximum absolute atomic E-state index is 10.6. The molecular formula is C12H10O3S. The molecule has 3 nitrogen and oxygen atoms in total. The highest BCUT2D eigenvalue weighted by Crippen LogP contribution is 2.32. The fourth-order valence-electron chi connectivity index (χ4n) is 1.42. The zero-order valence-electron chi connectivity index (χ0n) is 8.64. The molecule has 0 saturated carbocycles. The van der Waals surface area contributed by atoms with E-state index in [0.29, 0.717) is 10.6 Å². The van der Waals surface area contributed by atoms with Crippen molar-refractivity contribution in [2.24, 2.45) is 0 Å². The first-order valence-electron chi connectivity index (χ1n) is 4.65. The molecule has 0 aliphatic rings. The second kappa shape index (κ2) is 4.37. The number of rotatable bonds is 3. The standard InChI is InChI=1S/C12H10O3S/c1-15-12-5-8(2-3-11(12)14)9-4-10(6-13)16-7-9/h2-7,14H,1H3. The Morgan fingerprint density at radius 2 is 2.12 bits per heavy atom. The Morgan fingerprint density at radius 3 is 2.75 bits per heavy atom. The van der Waals surface area contributed by atoms with Gasteiger partial charge in [-0.3, -0.25) is 4.79 Å². The molecule has 2 aromatic rings. The number of phenols is 1. The lowest BCUT2D eigenvalue weighted by Crippen LogP contribution is -1.84. The molecule has 82 valence electrons. The van der Waals surface area contributed by atoms with Gasteiger partial charge in [0.1, 0.15) is 0 Å². The highest BCUT2D eigenvalue weighted by atomic mass is 32.1. The van der Waals surface area contributed by atoms with Crippen LogP contribution in [0.2, 0.25) is 0 Å². The molecule has 1 aromatic heterocycles. The van der Waals surface area contributed by atoms with Gasteiger partial charge in [-0.15, -0.1) is 11.3 Å². The van der Waals surface area contributed by atoms with Crippen molar-refractivity contribution in [2.75, 3.05) is 7.11 Å². The molecule has 0 spiro atoms. The summed E-state index contributed by atoms with van der Waals surface area (Å²) in [6, 6.07) is 6.91. The molecule has 0 unspecified atom stereocenters. The molecule has 1 heterocycles. The van der Waals surface area contributed by atoms with E-state index in [0.717, 1.165) is 17.4 Å². The summed E-state index contributed by atoms with van der Waals surface area (Å²) >= 11 is 1.39. The van der Waals surface area contributed by atoms with Crippen molar-refractivity contribution >= 4 is 17.6 Å². The minimum atomic E-state index is 0.108. The zero-order chi connectivity index (χ0) is 11.5. The summed E-state index contributed by atoms with van der Waals surface area (Å²) < 4.78 is 5.02. The molecule has 1 N–H and O–H groups in total. The Bertz CT molecular complexity index is 517. The minimum absolute atomic E-state index is 0.108. The van der Waals surface area contributed by atoms with Crippen molar-refractivity contribution in [3.05, 3.63) is 34.5 Å². The third-order valence-electron chi connectivity index (χ3n) is 2.25. The van der Waals surface area contributed by atoms with E-state index in [-0.39, 0.29) is 5.75 Å². The van der Waals surface area contributed by atoms with Crippen molar-refractivity contribution in [1.82, 2.24) is 0 Å². The molecule has 0 atom stereocenters. The third-order valence-corrected chi connectivity index (χ3v) is 3.11. The Morgan fingerprint density at radius 1 is 1.31 bits per heavy atom. The van der Waals surface area contributed by atoms with Crippen molar-refractivity contribution in [1.29, 1.82) is 0 Å². The molecule has 16 heavy (non-hydrogen) atoms. The van der Waals surface area contributed by atoms with Crippen LogP contribution in [0.5, 0.6) is 11.5 Å². The summed E-state index contributed by atoms with van der Waals surface area (Å²) in [6.45, 7) is 0. The molecule has 0 radical (unpaired) electrons. The average molecular weight is 234 g/mol. The Kier molecular flexibility index (Phi) is 2.92. The van der Waals surface area contributed by atoms with Crippen LogP contribution in [0, 0.1) is 0 Å². The lowest BCUT2D eigenvalue weighted by molar-refractivity contribution is 0.112. The maximum atomic E-state index is 10.6. The first-order chi connectivity index (χ1) is 7.74. The normalized spacial score (nSPS) is 10.1. The first-order valence-corrected chi connectivity index (χ1v) is 5.53. The summed E-state index contributed by atoms with van der Waals surface area (Å²) in [5.74, 6) is 0.536. The van der Waals surface area contributed by atoms with Crippen molar-refractivity contribution in [3.8, 4) is 22.6 Å². The van der Waals surface area contributed by atoms with E-state index in [4.69, 9.17) is 4.74 Å². The SMILES string of the molecule is COc1cc(-c2csc(C=O)c2)ccc1O. The molecule has 0 amide bonds. The number of thiophene rings is 1.